The number of carboxylic acids is 2. The Morgan fingerprint density at radius 2 is 1.62 bits per heavy atom. The fourth-order valence-electron chi connectivity index (χ4n) is 4.48. The summed E-state index contributed by atoms with van der Waals surface area (Å²) < 4.78 is 69.0. The topological polar surface area (TPSA) is 120 Å². The normalized spacial score (nSPS) is 24.1. The van der Waals surface area contributed by atoms with Crippen LogP contribution < -0.4 is 0 Å². The molecule has 0 aliphatic carbocycles. The third-order valence-electron chi connectivity index (χ3n) is 6.23. The van der Waals surface area contributed by atoms with Gasteiger partial charge in [0.05, 0.1) is 12.2 Å². The number of carbonyl (C=O) groups excluding carboxylic acids is 1. The molecule has 3 aliphatic heterocycles. The molecule has 37 heavy (non-hydrogen) atoms. The van der Waals surface area contributed by atoms with Gasteiger partial charge in [-0.2, -0.15) is 26.3 Å². The Morgan fingerprint density at radius 1 is 1.00 bits per heavy atom. The maximum Gasteiger partial charge on any atom is 0.490 e. The van der Waals surface area contributed by atoms with Crippen molar-refractivity contribution in [3.63, 3.8) is 0 Å². The second kappa shape index (κ2) is 12.5. The molecule has 4 rings (SSSR count). The largest absolute Gasteiger partial charge is 0.490 e. The molecule has 208 valence electrons. The first-order valence-electron chi connectivity index (χ1n) is 11.3. The first-order valence-corrected chi connectivity index (χ1v) is 11.3. The summed E-state index contributed by atoms with van der Waals surface area (Å²) in [5.74, 6) is -5.38. The number of hydrogen-bond donors (Lipinski definition) is 2. The van der Waals surface area contributed by atoms with Crippen LogP contribution in [-0.4, -0.2) is 101 Å². The van der Waals surface area contributed by atoms with Crippen molar-refractivity contribution in [1.29, 1.82) is 0 Å². The molecule has 0 saturated carbocycles. The fraction of sp³-hybridized carbons (Fsp3) is 0.636. The number of likely N-dealkylation sites (tertiary alicyclic amines) is 2. The van der Waals surface area contributed by atoms with E-state index in [0.29, 0.717) is 17.0 Å². The Balaban J connectivity index is 0.000000286. The van der Waals surface area contributed by atoms with Crippen LogP contribution in [-0.2, 0) is 14.3 Å². The summed E-state index contributed by atoms with van der Waals surface area (Å²) in [6, 6.07) is 4.30. The molecular formula is C22H27F6N3O6. The van der Waals surface area contributed by atoms with Gasteiger partial charge in [-0.05, 0) is 44.4 Å². The van der Waals surface area contributed by atoms with Gasteiger partial charge in [-0.25, -0.2) is 9.59 Å². The molecule has 0 radical (unpaired) electrons. The molecule has 1 spiro atoms. The Kier molecular flexibility index (Phi) is 10.3. The molecule has 2 atom stereocenters. The summed E-state index contributed by atoms with van der Waals surface area (Å²) in [5.41, 5.74) is 1.00. The number of carboxylic acid groups (broad SMARTS) is 2. The molecule has 3 aliphatic rings. The molecule has 3 saturated heterocycles. The van der Waals surface area contributed by atoms with Crippen molar-refractivity contribution >= 4 is 17.8 Å². The van der Waals surface area contributed by atoms with Crippen LogP contribution in [0.15, 0.2) is 24.5 Å². The Morgan fingerprint density at radius 3 is 2.11 bits per heavy atom. The number of ether oxygens (including phenoxy) is 1. The number of alkyl halides is 6. The van der Waals surface area contributed by atoms with E-state index >= 15 is 0 Å². The number of carbonyl (C=O) groups is 3. The Hall–Kier alpha value is -2.94. The van der Waals surface area contributed by atoms with Crippen LogP contribution >= 0.6 is 0 Å². The van der Waals surface area contributed by atoms with Gasteiger partial charge >= 0.3 is 24.3 Å². The summed E-state index contributed by atoms with van der Waals surface area (Å²) in [5, 5.41) is 14.2. The molecular weight excluding hydrogens is 516 g/mol. The second-order valence-electron chi connectivity index (χ2n) is 8.92. The molecule has 0 aromatic carbocycles. The third kappa shape index (κ3) is 9.14. The van der Waals surface area contributed by atoms with Gasteiger partial charge in [0, 0.05) is 50.1 Å². The maximum absolute atomic E-state index is 12.7. The van der Waals surface area contributed by atoms with Gasteiger partial charge in [-0.1, -0.05) is 0 Å². The molecule has 2 N–H and O–H groups in total. The van der Waals surface area contributed by atoms with E-state index in [-0.39, 0.29) is 5.91 Å². The van der Waals surface area contributed by atoms with Crippen molar-refractivity contribution < 1.29 is 55.7 Å². The van der Waals surface area contributed by atoms with Crippen molar-refractivity contribution in [2.24, 2.45) is 5.41 Å². The SMILES string of the molecule is O=C(O)C(F)(F)F.O=C(O)C(F)(F)F.O=C(c1cccnc1)N1CCCC2(CCN(C3CCOC3)C2)C1. The third-order valence-corrected chi connectivity index (χ3v) is 6.23. The van der Waals surface area contributed by atoms with Crippen molar-refractivity contribution in [2.75, 3.05) is 39.4 Å². The lowest BCUT2D eigenvalue weighted by atomic mass is 9.79. The van der Waals surface area contributed by atoms with Gasteiger partial charge in [0.1, 0.15) is 0 Å². The molecule has 2 unspecified atom stereocenters. The minimum absolute atomic E-state index is 0.139. The zero-order chi connectivity index (χ0) is 27.9. The van der Waals surface area contributed by atoms with Gasteiger partial charge in [0.25, 0.3) is 5.91 Å². The highest BCUT2D eigenvalue weighted by atomic mass is 19.4. The average molecular weight is 543 g/mol. The van der Waals surface area contributed by atoms with E-state index in [1.807, 2.05) is 12.1 Å². The standard InChI is InChI=1S/C18H25N3O2.2C2HF3O2/c22-17(15-3-1-7-19-11-15)21-8-2-5-18(14-21)6-9-20(13-18)16-4-10-23-12-16;2*3-2(4,5)1(6)7/h1,3,7,11,16H,2,4-6,8-10,12-14H2;2*(H,6,7). The smallest absolute Gasteiger partial charge is 0.475 e. The molecule has 0 bridgehead atoms. The van der Waals surface area contributed by atoms with E-state index in [4.69, 9.17) is 24.5 Å². The summed E-state index contributed by atoms with van der Waals surface area (Å²) in [7, 11) is 0. The zero-order valence-corrected chi connectivity index (χ0v) is 19.6. The van der Waals surface area contributed by atoms with Crippen molar-refractivity contribution in [3.05, 3.63) is 30.1 Å². The minimum Gasteiger partial charge on any atom is -0.475 e. The highest BCUT2D eigenvalue weighted by molar-refractivity contribution is 5.94. The lowest BCUT2D eigenvalue weighted by Gasteiger charge is -2.41. The highest BCUT2D eigenvalue weighted by Crippen LogP contribution is 2.40. The van der Waals surface area contributed by atoms with Gasteiger partial charge in [-0.3, -0.25) is 14.7 Å². The molecule has 4 heterocycles. The molecule has 15 heteroatoms. The number of aliphatic carboxylic acids is 2. The molecule has 1 aromatic rings. The Bertz CT molecular complexity index is 900. The zero-order valence-electron chi connectivity index (χ0n) is 19.6. The van der Waals surface area contributed by atoms with Crippen molar-refractivity contribution in [3.8, 4) is 0 Å². The lowest BCUT2D eigenvalue weighted by molar-refractivity contribution is -0.193. The number of aromatic nitrogens is 1. The first kappa shape index (κ1) is 30.3. The van der Waals surface area contributed by atoms with E-state index in [2.05, 4.69) is 14.8 Å². The monoisotopic (exact) mass is 543 g/mol. The quantitative estimate of drug-likeness (QED) is 0.547. The van der Waals surface area contributed by atoms with Crippen molar-refractivity contribution in [2.45, 2.75) is 44.1 Å². The number of nitrogens with zero attached hydrogens (tertiary/aromatic N) is 3. The predicted molar refractivity (Wildman–Crippen MR) is 115 cm³/mol. The summed E-state index contributed by atoms with van der Waals surface area (Å²) in [6.07, 6.45) is -2.04. The average Bonchev–Trinajstić information content (AvgIpc) is 3.49. The second-order valence-corrected chi connectivity index (χ2v) is 8.92. The van der Waals surface area contributed by atoms with E-state index in [1.54, 1.807) is 12.4 Å². The summed E-state index contributed by atoms with van der Waals surface area (Å²) >= 11 is 0. The maximum atomic E-state index is 12.7. The number of pyridine rings is 1. The van der Waals surface area contributed by atoms with E-state index < -0.39 is 24.3 Å². The lowest BCUT2D eigenvalue weighted by Crippen LogP contribution is -2.48. The van der Waals surface area contributed by atoms with Gasteiger partial charge in [-0.15, -0.1) is 0 Å². The highest BCUT2D eigenvalue weighted by Gasteiger charge is 2.44. The fourth-order valence-corrected chi connectivity index (χ4v) is 4.48. The van der Waals surface area contributed by atoms with Crippen LogP contribution in [0.2, 0.25) is 0 Å². The molecule has 1 amide bonds. The predicted octanol–water partition coefficient (Wildman–Crippen LogP) is 3.07. The number of amides is 1. The van der Waals surface area contributed by atoms with E-state index in [9.17, 15) is 31.1 Å². The van der Waals surface area contributed by atoms with Gasteiger partial charge in [0.2, 0.25) is 0 Å². The molecule has 9 nitrogen and oxygen atoms in total. The van der Waals surface area contributed by atoms with Gasteiger partial charge < -0.3 is 19.8 Å². The Labute approximate surface area is 208 Å². The van der Waals surface area contributed by atoms with Crippen LogP contribution in [0.1, 0.15) is 36.0 Å². The number of hydrogen-bond acceptors (Lipinski definition) is 6. The van der Waals surface area contributed by atoms with Crippen LogP contribution in [0, 0.1) is 5.41 Å². The number of rotatable bonds is 2. The van der Waals surface area contributed by atoms with E-state index in [0.717, 1.165) is 52.2 Å². The number of piperidine rings is 1. The van der Waals surface area contributed by atoms with Crippen LogP contribution in [0.4, 0.5) is 26.3 Å². The van der Waals surface area contributed by atoms with Crippen molar-refractivity contribution in [1.82, 2.24) is 14.8 Å². The molecule has 1 aromatic heterocycles. The van der Waals surface area contributed by atoms with Crippen LogP contribution in [0.5, 0.6) is 0 Å². The first-order chi connectivity index (χ1) is 17.1. The van der Waals surface area contributed by atoms with Crippen LogP contribution in [0.3, 0.4) is 0 Å². The molecule has 3 fully saturated rings. The van der Waals surface area contributed by atoms with E-state index in [1.165, 1.54) is 12.8 Å². The van der Waals surface area contributed by atoms with Crippen LogP contribution in [0.25, 0.3) is 0 Å². The number of halogens is 6. The minimum atomic E-state index is -5.08. The summed E-state index contributed by atoms with van der Waals surface area (Å²) in [4.78, 5) is 39.3. The van der Waals surface area contributed by atoms with Gasteiger partial charge in [0.15, 0.2) is 0 Å². The summed E-state index contributed by atoms with van der Waals surface area (Å²) in [6.45, 7) is 5.84.